The van der Waals surface area contributed by atoms with E-state index >= 15 is 0 Å². The van der Waals surface area contributed by atoms with Crippen molar-refractivity contribution >= 4 is 29.1 Å². The summed E-state index contributed by atoms with van der Waals surface area (Å²) in [6, 6.07) is 10.9. The molecule has 2 aromatic carbocycles. The lowest BCUT2D eigenvalue weighted by molar-refractivity contribution is -0.129. The zero-order valence-corrected chi connectivity index (χ0v) is 19.9. The molecule has 180 valence electrons. The number of nitrogens with zero attached hydrogens (tertiary/aromatic N) is 2. The highest BCUT2D eigenvalue weighted by Gasteiger charge is 2.28. The molecule has 6 N–H and O–H groups in total. The van der Waals surface area contributed by atoms with Crippen LogP contribution in [0.4, 0.5) is 10.5 Å². The van der Waals surface area contributed by atoms with Gasteiger partial charge in [0.1, 0.15) is 18.1 Å². The molecule has 1 aliphatic carbocycles. The number of amides is 2. The van der Waals surface area contributed by atoms with E-state index < -0.39 is 12.0 Å². The number of carbonyl (C=O) groups excluding carboxylic acids is 1. The van der Waals surface area contributed by atoms with Crippen LogP contribution in [0.5, 0.6) is 5.75 Å². The van der Waals surface area contributed by atoms with Crippen LogP contribution in [-0.4, -0.2) is 41.9 Å². The van der Waals surface area contributed by atoms with E-state index in [0.717, 1.165) is 34.5 Å². The second-order valence-corrected chi connectivity index (χ2v) is 8.37. The van der Waals surface area contributed by atoms with Gasteiger partial charge in [-0.15, -0.1) is 0 Å². The highest BCUT2D eigenvalue weighted by atomic mass is 16.5. The number of benzene rings is 2. The molecule has 2 aromatic rings. The van der Waals surface area contributed by atoms with E-state index in [1.807, 2.05) is 25.1 Å². The average molecular weight is 466 g/mol. The minimum absolute atomic E-state index is 0.0788. The Morgan fingerprint density at radius 3 is 2.53 bits per heavy atom. The number of rotatable bonds is 8. The number of urea groups is 1. The quantitative estimate of drug-likeness (QED) is 0.203. The Bertz CT molecular complexity index is 1170. The number of carbonyl (C=O) groups is 2. The number of nitrogens with one attached hydrogen (secondary N) is 1. The Morgan fingerprint density at radius 1 is 1.26 bits per heavy atom. The van der Waals surface area contributed by atoms with Gasteiger partial charge in [-0.1, -0.05) is 12.1 Å². The number of aliphatic carboxylic acids is 1. The monoisotopic (exact) mass is 465 g/mol. The molecule has 34 heavy (non-hydrogen) atoms. The molecule has 0 saturated heterocycles. The van der Waals surface area contributed by atoms with Gasteiger partial charge in [-0.2, -0.15) is 0 Å². The van der Waals surface area contributed by atoms with Gasteiger partial charge >= 0.3 is 12.0 Å². The van der Waals surface area contributed by atoms with Crippen LogP contribution in [0.15, 0.2) is 47.0 Å². The number of anilines is 1. The van der Waals surface area contributed by atoms with Crippen LogP contribution in [0.1, 0.15) is 47.9 Å². The SMILES string of the molecule is CN=C(C(=O)O)C(C)=C(N)c1ccc(OCc2c(NC(=O)N(C)N)cccc2C2CC2)c(C)c1. The summed E-state index contributed by atoms with van der Waals surface area (Å²) >= 11 is 0. The molecule has 0 radical (unpaired) electrons. The standard InChI is InChI=1S/C25H31N5O4/c1-14-12-17(22(26)15(2)23(28-3)24(31)32)10-11-21(14)34-13-19-18(16-8-9-16)6-5-7-20(19)29-25(33)30(4)27/h5-7,10-12,16H,8-9,13,26-27H2,1-4H3,(H,29,33)(H,31,32). The number of hydrogen-bond donors (Lipinski definition) is 4. The summed E-state index contributed by atoms with van der Waals surface area (Å²) in [6.45, 7) is 3.80. The lowest BCUT2D eigenvalue weighted by Crippen LogP contribution is -2.37. The van der Waals surface area contributed by atoms with Crippen LogP contribution in [-0.2, 0) is 11.4 Å². The van der Waals surface area contributed by atoms with E-state index in [9.17, 15) is 14.7 Å². The average Bonchev–Trinajstić information content (AvgIpc) is 3.63. The fourth-order valence-corrected chi connectivity index (χ4v) is 3.76. The Labute approximate surface area is 199 Å². The van der Waals surface area contributed by atoms with Gasteiger partial charge in [0.2, 0.25) is 0 Å². The summed E-state index contributed by atoms with van der Waals surface area (Å²) < 4.78 is 6.16. The summed E-state index contributed by atoms with van der Waals surface area (Å²) in [6.07, 6.45) is 2.22. The number of aliphatic imine (C=N–C) groups is 1. The van der Waals surface area contributed by atoms with Crippen LogP contribution >= 0.6 is 0 Å². The molecule has 0 atom stereocenters. The molecular weight excluding hydrogens is 434 g/mol. The molecule has 2 amide bonds. The second-order valence-electron chi connectivity index (χ2n) is 8.37. The van der Waals surface area contributed by atoms with Crippen LogP contribution in [0.3, 0.4) is 0 Å². The Kier molecular flexibility index (Phi) is 7.57. The van der Waals surface area contributed by atoms with Crippen molar-refractivity contribution in [3.05, 3.63) is 64.2 Å². The normalized spacial score (nSPS) is 14.3. The van der Waals surface area contributed by atoms with Gasteiger partial charge in [0.05, 0.1) is 0 Å². The molecule has 1 aliphatic rings. The van der Waals surface area contributed by atoms with Crippen molar-refractivity contribution < 1.29 is 19.4 Å². The maximum Gasteiger partial charge on any atom is 0.354 e. The lowest BCUT2D eigenvalue weighted by atomic mass is 10.0. The zero-order chi connectivity index (χ0) is 25.0. The van der Waals surface area contributed by atoms with E-state index in [2.05, 4.69) is 16.4 Å². The van der Waals surface area contributed by atoms with Gasteiger partial charge in [-0.05, 0) is 73.6 Å². The van der Waals surface area contributed by atoms with Crippen molar-refractivity contribution in [1.29, 1.82) is 0 Å². The number of aryl methyl sites for hydroxylation is 1. The van der Waals surface area contributed by atoms with Crippen molar-refractivity contribution in [2.45, 2.75) is 39.2 Å². The van der Waals surface area contributed by atoms with Crippen LogP contribution in [0.2, 0.25) is 0 Å². The van der Waals surface area contributed by atoms with Gasteiger partial charge in [0.15, 0.2) is 0 Å². The predicted octanol–water partition coefficient (Wildman–Crippen LogP) is 3.63. The fourth-order valence-electron chi connectivity index (χ4n) is 3.76. The van der Waals surface area contributed by atoms with Gasteiger partial charge < -0.3 is 20.9 Å². The fraction of sp³-hybridized carbons (Fsp3) is 0.320. The number of hydrogen-bond acceptors (Lipinski definition) is 6. The molecule has 0 bridgehead atoms. The van der Waals surface area contributed by atoms with E-state index in [-0.39, 0.29) is 12.3 Å². The number of carboxylic acid groups (broad SMARTS) is 1. The lowest BCUT2D eigenvalue weighted by Gasteiger charge is -2.19. The molecule has 0 spiro atoms. The maximum absolute atomic E-state index is 12.1. The molecule has 0 aromatic heterocycles. The maximum atomic E-state index is 12.1. The highest BCUT2D eigenvalue weighted by Crippen LogP contribution is 2.43. The summed E-state index contributed by atoms with van der Waals surface area (Å²) in [5.74, 6) is 5.57. The first-order chi connectivity index (χ1) is 16.1. The van der Waals surface area contributed by atoms with Gasteiger partial charge in [0, 0.05) is 36.6 Å². The molecule has 9 heteroatoms. The van der Waals surface area contributed by atoms with E-state index in [1.165, 1.54) is 14.1 Å². The first-order valence-corrected chi connectivity index (χ1v) is 11.0. The molecule has 0 unspecified atom stereocenters. The smallest absolute Gasteiger partial charge is 0.354 e. The molecule has 0 heterocycles. The first-order valence-electron chi connectivity index (χ1n) is 11.0. The van der Waals surface area contributed by atoms with Crippen LogP contribution in [0.25, 0.3) is 5.70 Å². The topological polar surface area (TPSA) is 143 Å². The number of nitrogens with two attached hydrogens (primary N) is 2. The number of ether oxygens (including phenoxy) is 1. The van der Waals surface area contributed by atoms with Crippen LogP contribution < -0.4 is 21.6 Å². The number of hydrazine groups is 1. The van der Waals surface area contributed by atoms with Crippen molar-refractivity contribution in [2.24, 2.45) is 16.6 Å². The minimum atomic E-state index is -1.13. The summed E-state index contributed by atoms with van der Waals surface area (Å²) in [7, 11) is 2.90. The molecule has 1 fully saturated rings. The van der Waals surface area contributed by atoms with E-state index in [1.54, 1.807) is 19.1 Å². The van der Waals surface area contributed by atoms with Gasteiger partial charge in [0.25, 0.3) is 0 Å². The van der Waals surface area contributed by atoms with Gasteiger partial charge in [-0.25, -0.2) is 15.4 Å². The largest absolute Gasteiger partial charge is 0.489 e. The van der Waals surface area contributed by atoms with Crippen molar-refractivity contribution in [3.63, 3.8) is 0 Å². The van der Waals surface area contributed by atoms with Crippen molar-refractivity contribution in [2.75, 3.05) is 19.4 Å². The zero-order valence-electron chi connectivity index (χ0n) is 19.9. The first kappa shape index (κ1) is 24.8. The molecule has 0 aliphatic heterocycles. The second kappa shape index (κ2) is 10.4. The molecule has 1 saturated carbocycles. The molecule has 3 rings (SSSR count). The Balaban J connectivity index is 1.85. The van der Waals surface area contributed by atoms with Crippen molar-refractivity contribution in [3.8, 4) is 5.75 Å². The van der Waals surface area contributed by atoms with E-state index in [0.29, 0.717) is 34.2 Å². The third-order valence-electron chi connectivity index (χ3n) is 5.83. The molecule has 9 nitrogen and oxygen atoms in total. The minimum Gasteiger partial charge on any atom is -0.489 e. The third-order valence-corrected chi connectivity index (χ3v) is 5.83. The Morgan fingerprint density at radius 2 is 1.97 bits per heavy atom. The third kappa shape index (κ3) is 5.55. The summed E-state index contributed by atoms with van der Waals surface area (Å²) in [5.41, 5.74) is 11.2. The van der Waals surface area contributed by atoms with Crippen molar-refractivity contribution in [1.82, 2.24) is 5.01 Å². The highest BCUT2D eigenvalue weighted by molar-refractivity contribution is 6.43. The summed E-state index contributed by atoms with van der Waals surface area (Å²) in [4.78, 5) is 27.3. The Hall–Kier alpha value is -3.85. The summed E-state index contributed by atoms with van der Waals surface area (Å²) in [5, 5.41) is 13.2. The van der Waals surface area contributed by atoms with Crippen LogP contribution in [0, 0.1) is 6.92 Å². The van der Waals surface area contributed by atoms with Gasteiger partial charge in [-0.3, -0.25) is 10.0 Å². The van der Waals surface area contributed by atoms with E-state index in [4.69, 9.17) is 16.3 Å². The molecular formula is C25H31N5O4. The predicted molar refractivity (Wildman–Crippen MR) is 133 cm³/mol. The number of carboxylic acids is 1.